The van der Waals surface area contributed by atoms with E-state index in [1.165, 1.54) is 0 Å². The smallest absolute Gasteiger partial charge is 0.256 e. The summed E-state index contributed by atoms with van der Waals surface area (Å²) in [5.41, 5.74) is 3.98. The van der Waals surface area contributed by atoms with Crippen molar-refractivity contribution in [1.29, 1.82) is 0 Å². The summed E-state index contributed by atoms with van der Waals surface area (Å²) in [4.78, 5) is 19.5. The topological polar surface area (TPSA) is 57.8 Å². The number of hydrogen-bond acceptors (Lipinski definition) is 2. The maximum absolute atomic E-state index is 12.2. The first-order valence-corrected chi connectivity index (χ1v) is 6.85. The van der Waals surface area contributed by atoms with E-state index in [4.69, 9.17) is 11.6 Å². The number of pyridine rings is 1. The van der Waals surface area contributed by atoms with Crippen LogP contribution >= 0.6 is 11.6 Å². The number of hydrogen-bond donors (Lipinski definition) is 2. The highest BCUT2D eigenvalue weighted by Crippen LogP contribution is 2.35. The molecule has 21 heavy (non-hydrogen) atoms. The Bertz CT molecular complexity index is 911. The molecule has 1 aliphatic rings. The van der Waals surface area contributed by atoms with Crippen molar-refractivity contribution in [2.75, 3.05) is 5.32 Å². The fourth-order valence-corrected chi connectivity index (χ4v) is 2.73. The lowest BCUT2D eigenvalue weighted by atomic mass is 10.0. The molecule has 0 aliphatic carbocycles. The van der Waals surface area contributed by atoms with Crippen molar-refractivity contribution in [1.82, 2.24) is 9.97 Å². The number of amides is 1. The average Bonchev–Trinajstić information content (AvgIpc) is 3.01. The van der Waals surface area contributed by atoms with Gasteiger partial charge in [0.2, 0.25) is 0 Å². The summed E-state index contributed by atoms with van der Waals surface area (Å²) in [6, 6.07) is 9.24. The van der Waals surface area contributed by atoms with Gasteiger partial charge < -0.3 is 10.3 Å². The Labute approximate surface area is 125 Å². The maximum Gasteiger partial charge on any atom is 0.256 e. The molecule has 0 saturated heterocycles. The standard InChI is InChI=1S/C16H10ClN3O/c17-10-3-4-12-13(16(21)20-14(12)7-10)6-9-8-19-15-11(9)2-1-5-18-15/h1-8H,(H,18,19)(H,20,21). The monoisotopic (exact) mass is 295 g/mol. The zero-order valence-electron chi connectivity index (χ0n) is 10.9. The van der Waals surface area contributed by atoms with Gasteiger partial charge in [-0.15, -0.1) is 0 Å². The molecule has 0 spiro atoms. The number of aromatic amines is 1. The van der Waals surface area contributed by atoms with Gasteiger partial charge in [-0.2, -0.15) is 0 Å². The highest BCUT2D eigenvalue weighted by Gasteiger charge is 2.24. The van der Waals surface area contributed by atoms with E-state index in [0.29, 0.717) is 10.6 Å². The van der Waals surface area contributed by atoms with Gasteiger partial charge in [0.25, 0.3) is 5.91 Å². The number of H-pyrrole nitrogens is 1. The van der Waals surface area contributed by atoms with Gasteiger partial charge in [-0.05, 0) is 30.3 Å². The fraction of sp³-hybridized carbons (Fsp3) is 0. The van der Waals surface area contributed by atoms with Crippen LogP contribution in [0.2, 0.25) is 5.02 Å². The van der Waals surface area contributed by atoms with E-state index in [9.17, 15) is 4.79 Å². The van der Waals surface area contributed by atoms with Crippen LogP contribution in [0.4, 0.5) is 5.69 Å². The predicted octanol–water partition coefficient (Wildman–Crippen LogP) is 3.71. The van der Waals surface area contributed by atoms with E-state index in [0.717, 1.165) is 27.8 Å². The second-order valence-electron chi connectivity index (χ2n) is 4.85. The van der Waals surface area contributed by atoms with E-state index in [1.807, 2.05) is 30.5 Å². The lowest BCUT2D eigenvalue weighted by Crippen LogP contribution is -2.03. The van der Waals surface area contributed by atoms with E-state index in [2.05, 4.69) is 15.3 Å². The van der Waals surface area contributed by atoms with Gasteiger partial charge in [-0.25, -0.2) is 4.98 Å². The number of aromatic nitrogens is 2. The van der Waals surface area contributed by atoms with E-state index >= 15 is 0 Å². The zero-order valence-corrected chi connectivity index (χ0v) is 11.6. The average molecular weight is 296 g/mol. The molecule has 0 radical (unpaired) electrons. The third kappa shape index (κ3) is 1.92. The molecule has 1 aromatic carbocycles. The Kier molecular flexibility index (Phi) is 2.59. The van der Waals surface area contributed by atoms with Crippen molar-refractivity contribution in [2.45, 2.75) is 0 Å². The first-order valence-electron chi connectivity index (χ1n) is 6.47. The Morgan fingerprint density at radius 1 is 1.24 bits per heavy atom. The number of fused-ring (bicyclic) bond motifs is 2. The number of anilines is 1. The molecule has 0 saturated carbocycles. The summed E-state index contributed by atoms with van der Waals surface area (Å²) < 4.78 is 0. The number of carbonyl (C=O) groups is 1. The molecule has 2 N–H and O–H groups in total. The molecule has 5 heteroatoms. The largest absolute Gasteiger partial charge is 0.346 e. The summed E-state index contributed by atoms with van der Waals surface area (Å²) in [5, 5.41) is 4.42. The molecular weight excluding hydrogens is 286 g/mol. The minimum Gasteiger partial charge on any atom is -0.346 e. The lowest BCUT2D eigenvalue weighted by molar-refractivity contribution is -0.110. The molecular formula is C16H10ClN3O. The lowest BCUT2D eigenvalue weighted by Gasteiger charge is -1.98. The number of benzene rings is 1. The third-order valence-electron chi connectivity index (χ3n) is 3.55. The molecule has 1 aliphatic heterocycles. The van der Waals surface area contributed by atoms with E-state index in [1.54, 1.807) is 18.3 Å². The van der Waals surface area contributed by atoms with Crippen molar-refractivity contribution in [2.24, 2.45) is 0 Å². The minimum atomic E-state index is -0.120. The first kappa shape index (κ1) is 12.2. The Morgan fingerprint density at radius 3 is 3.05 bits per heavy atom. The number of nitrogens with one attached hydrogen (secondary N) is 2. The summed E-state index contributed by atoms with van der Waals surface area (Å²) in [6.07, 6.45) is 5.46. The summed E-state index contributed by atoms with van der Waals surface area (Å²) >= 11 is 5.96. The SMILES string of the molecule is O=C1Nc2cc(Cl)ccc2C1=Cc1c[nH]c2ncccc12. The van der Waals surface area contributed by atoms with Crippen LogP contribution in [0.25, 0.3) is 22.7 Å². The first-order chi connectivity index (χ1) is 10.2. The molecule has 3 aromatic rings. The van der Waals surface area contributed by atoms with Crippen LogP contribution in [0.5, 0.6) is 0 Å². The van der Waals surface area contributed by atoms with Crippen molar-refractivity contribution >= 4 is 45.9 Å². The second-order valence-corrected chi connectivity index (χ2v) is 5.28. The number of nitrogens with zero attached hydrogens (tertiary/aromatic N) is 1. The van der Waals surface area contributed by atoms with Crippen molar-refractivity contribution in [3.63, 3.8) is 0 Å². The van der Waals surface area contributed by atoms with Crippen molar-refractivity contribution < 1.29 is 4.79 Å². The summed E-state index contributed by atoms with van der Waals surface area (Å²) in [7, 11) is 0. The van der Waals surface area contributed by atoms with Gasteiger partial charge in [0.15, 0.2) is 0 Å². The highest BCUT2D eigenvalue weighted by molar-refractivity contribution is 6.36. The minimum absolute atomic E-state index is 0.120. The van der Waals surface area contributed by atoms with Gasteiger partial charge in [-0.1, -0.05) is 17.7 Å². The van der Waals surface area contributed by atoms with Gasteiger partial charge in [0.1, 0.15) is 5.65 Å². The molecule has 0 fully saturated rings. The van der Waals surface area contributed by atoms with Crippen LogP contribution in [0.1, 0.15) is 11.1 Å². The molecule has 2 aromatic heterocycles. The molecule has 0 atom stereocenters. The number of carbonyl (C=O) groups excluding carboxylic acids is 1. The maximum atomic E-state index is 12.2. The summed E-state index contributed by atoms with van der Waals surface area (Å²) in [5.74, 6) is -0.120. The van der Waals surface area contributed by atoms with Crippen molar-refractivity contribution in [3.8, 4) is 0 Å². The fourth-order valence-electron chi connectivity index (χ4n) is 2.56. The summed E-state index contributed by atoms with van der Waals surface area (Å²) in [6.45, 7) is 0. The van der Waals surface area contributed by atoms with Crippen LogP contribution < -0.4 is 5.32 Å². The van der Waals surface area contributed by atoms with Crippen molar-refractivity contribution in [3.05, 3.63) is 58.9 Å². The number of halogens is 1. The van der Waals surface area contributed by atoms with Crippen LogP contribution in [-0.4, -0.2) is 15.9 Å². The molecule has 0 bridgehead atoms. The normalized spacial score (nSPS) is 15.5. The molecule has 0 unspecified atom stereocenters. The van der Waals surface area contributed by atoms with Gasteiger partial charge in [-0.3, -0.25) is 4.79 Å². The quantitative estimate of drug-likeness (QED) is 0.672. The Morgan fingerprint density at radius 2 is 2.14 bits per heavy atom. The second kappa shape index (κ2) is 4.46. The van der Waals surface area contributed by atoms with Gasteiger partial charge in [0, 0.05) is 39.5 Å². The van der Waals surface area contributed by atoms with Gasteiger partial charge >= 0.3 is 0 Å². The highest BCUT2D eigenvalue weighted by atomic mass is 35.5. The van der Waals surface area contributed by atoms with Crippen LogP contribution in [0.3, 0.4) is 0 Å². The Hall–Kier alpha value is -2.59. The third-order valence-corrected chi connectivity index (χ3v) is 3.78. The van der Waals surface area contributed by atoms with Crippen LogP contribution in [0.15, 0.2) is 42.7 Å². The van der Waals surface area contributed by atoms with Gasteiger partial charge in [0.05, 0.1) is 5.69 Å². The molecule has 4 nitrogen and oxygen atoms in total. The van der Waals surface area contributed by atoms with E-state index < -0.39 is 0 Å². The van der Waals surface area contributed by atoms with Crippen LogP contribution in [-0.2, 0) is 4.79 Å². The molecule has 3 heterocycles. The van der Waals surface area contributed by atoms with Crippen LogP contribution in [0, 0.1) is 0 Å². The Balaban J connectivity index is 1.89. The van der Waals surface area contributed by atoms with E-state index in [-0.39, 0.29) is 5.91 Å². The predicted molar refractivity (Wildman–Crippen MR) is 84.0 cm³/mol. The molecule has 4 rings (SSSR count). The zero-order chi connectivity index (χ0) is 14.4. The molecule has 1 amide bonds. The number of rotatable bonds is 1. The molecule has 102 valence electrons.